The average molecular weight is 356 g/mol. The Balaban J connectivity index is 1.87. The molecule has 0 unspecified atom stereocenters. The summed E-state index contributed by atoms with van der Waals surface area (Å²) in [7, 11) is 0. The standard InChI is InChI=1S/C20H24N2O2S/c1-13(2)17-7-5-6-8-18(17)24-12-19(23)22-20(25)21-16-10-9-14(3)15(4)11-16/h5-11,13H,12H2,1-4H3,(H2,21,22,23,25). The fraction of sp³-hybridized carbons (Fsp3) is 0.300. The van der Waals surface area contributed by atoms with Gasteiger partial charge in [0.05, 0.1) is 0 Å². The maximum absolute atomic E-state index is 12.1. The second-order valence-corrected chi connectivity index (χ2v) is 6.69. The van der Waals surface area contributed by atoms with Crippen LogP contribution in [-0.2, 0) is 4.79 Å². The summed E-state index contributed by atoms with van der Waals surface area (Å²) in [5.41, 5.74) is 4.29. The van der Waals surface area contributed by atoms with Gasteiger partial charge in [0, 0.05) is 5.69 Å². The van der Waals surface area contributed by atoms with Gasteiger partial charge in [0.2, 0.25) is 0 Å². The van der Waals surface area contributed by atoms with Crippen LogP contribution in [0.1, 0.15) is 36.5 Å². The van der Waals surface area contributed by atoms with Crippen LogP contribution in [0.4, 0.5) is 5.69 Å². The Labute approximate surface area is 154 Å². The first kappa shape index (κ1) is 18.9. The predicted molar refractivity (Wildman–Crippen MR) is 106 cm³/mol. The molecule has 132 valence electrons. The summed E-state index contributed by atoms with van der Waals surface area (Å²) in [5, 5.41) is 5.91. The number of hydrogen-bond acceptors (Lipinski definition) is 3. The molecule has 2 rings (SSSR count). The lowest BCUT2D eigenvalue weighted by atomic mass is 10.0. The Morgan fingerprint density at radius 2 is 1.84 bits per heavy atom. The van der Waals surface area contributed by atoms with Gasteiger partial charge in [0.1, 0.15) is 5.75 Å². The van der Waals surface area contributed by atoms with Crippen LogP contribution < -0.4 is 15.4 Å². The average Bonchev–Trinajstić information content (AvgIpc) is 2.56. The number of rotatable bonds is 5. The van der Waals surface area contributed by atoms with Gasteiger partial charge in [-0.05, 0) is 66.9 Å². The van der Waals surface area contributed by atoms with Crippen LogP contribution in [0.5, 0.6) is 5.75 Å². The molecule has 1 amide bonds. The lowest BCUT2D eigenvalue weighted by Crippen LogP contribution is -2.37. The Kier molecular flexibility index (Phi) is 6.53. The van der Waals surface area contributed by atoms with E-state index in [1.807, 2.05) is 56.3 Å². The largest absolute Gasteiger partial charge is 0.483 e. The molecule has 0 radical (unpaired) electrons. The van der Waals surface area contributed by atoms with Gasteiger partial charge >= 0.3 is 0 Å². The molecule has 4 nitrogen and oxygen atoms in total. The normalized spacial score (nSPS) is 10.4. The van der Waals surface area contributed by atoms with Gasteiger partial charge in [0.15, 0.2) is 11.7 Å². The maximum atomic E-state index is 12.1. The molecule has 0 aliphatic rings. The van der Waals surface area contributed by atoms with E-state index >= 15 is 0 Å². The smallest absolute Gasteiger partial charge is 0.264 e. The zero-order valence-electron chi connectivity index (χ0n) is 15.1. The van der Waals surface area contributed by atoms with E-state index < -0.39 is 0 Å². The highest BCUT2D eigenvalue weighted by Crippen LogP contribution is 2.25. The number of thiocarbonyl (C=S) groups is 1. The molecule has 0 atom stereocenters. The number of benzene rings is 2. The number of carbonyl (C=O) groups excluding carboxylic acids is 1. The van der Waals surface area contributed by atoms with E-state index in [-0.39, 0.29) is 17.6 Å². The molecule has 0 aliphatic carbocycles. The quantitative estimate of drug-likeness (QED) is 0.784. The minimum absolute atomic E-state index is 0.0848. The minimum Gasteiger partial charge on any atom is -0.483 e. The van der Waals surface area contributed by atoms with Gasteiger partial charge < -0.3 is 10.1 Å². The summed E-state index contributed by atoms with van der Waals surface area (Å²) in [5.74, 6) is 0.757. The minimum atomic E-state index is -0.292. The summed E-state index contributed by atoms with van der Waals surface area (Å²) in [4.78, 5) is 12.1. The van der Waals surface area contributed by atoms with Gasteiger partial charge in [-0.15, -0.1) is 0 Å². The summed E-state index contributed by atoms with van der Waals surface area (Å²) in [6, 6.07) is 13.7. The van der Waals surface area contributed by atoms with E-state index in [0.29, 0.717) is 5.92 Å². The number of aryl methyl sites for hydroxylation is 2. The molecule has 0 aromatic heterocycles. The first-order valence-electron chi connectivity index (χ1n) is 8.26. The number of nitrogens with one attached hydrogen (secondary N) is 2. The third-order valence-corrected chi connectivity index (χ3v) is 4.12. The molecule has 0 spiro atoms. The topological polar surface area (TPSA) is 50.4 Å². The Bertz CT molecular complexity index is 772. The van der Waals surface area contributed by atoms with Crippen molar-refractivity contribution in [3.05, 3.63) is 59.2 Å². The first-order chi connectivity index (χ1) is 11.9. The number of hydrogen-bond donors (Lipinski definition) is 2. The molecule has 2 aromatic rings. The van der Waals surface area contributed by atoms with E-state index in [4.69, 9.17) is 17.0 Å². The molecule has 0 heterocycles. The van der Waals surface area contributed by atoms with Crippen LogP contribution in [0.15, 0.2) is 42.5 Å². The summed E-state index contributed by atoms with van der Waals surface area (Å²) in [6.07, 6.45) is 0. The van der Waals surface area contributed by atoms with Crippen molar-refractivity contribution < 1.29 is 9.53 Å². The summed E-state index contributed by atoms with van der Waals surface area (Å²) < 4.78 is 5.65. The van der Waals surface area contributed by atoms with Gasteiger partial charge in [-0.25, -0.2) is 0 Å². The van der Waals surface area contributed by atoms with Gasteiger partial charge in [-0.1, -0.05) is 38.1 Å². The van der Waals surface area contributed by atoms with Crippen molar-refractivity contribution in [2.24, 2.45) is 0 Å². The lowest BCUT2D eigenvalue weighted by molar-refractivity contribution is -0.121. The fourth-order valence-corrected chi connectivity index (χ4v) is 2.61. The molecule has 0 fully saturated rings. The second kappa shape index (κ2) is 8.62. The number of ether oxygens (including phenoxy) is 1. The molecule has 0 bridgehead atoms. The van der Waals surface area contributed by atoms with E-state index in [1.165, 1.54) is 5.56 Å². The van der Waals surface area contributed by atoms with Crippen molar-refractivity contribution in [2.45, 2.75) is 33.6 Å². The molecule has 25 heavy (non-hydrogen) atoms. The fourth-order valence-electron chi connectivity index (χ4n) is 2.38. The summed E-state index contributed by atoms with van der Waals surface area (Å²) in [6.45, 7) is 8.17. The van der Waals surface area contributed by atoms with Crippen LogP contribution in [0.3, 0.4) is 0 Å². The van der Waals surface area contributed by atoms with Crippen molar-refractivity contribution >= 4 is 28.9 Å². The van der Waals surface area contributed by atoms with E-state index in [2.05, 4.69) is 24.5 Å². The third-order valence-electron chi connectivity index (χ3n) is 3.92. The predicted octanol–water partition coefficient (Wildman–Crippen LogP) is 4.32. The van der Waals surface area contributed by atoms with Crippen LogP contribution >= 0.6 is 12.2 Å². The van der Waals surface area contributed by atoms with E-state index in [0.717, 1.165) is 22.6 Å². The summed E-state index contributed by atoms with van der Waals surface area (Å²) >= 11 is 5.19. The van der Waals surface area contributed by atoms with E-state index in [1.54, 1.807) is 0 Å². The Morgan fingerprint density at radius 1 is 1.12 bits per heavy atom. The molecule has 5 heteroatoms. The van der Waals surface area contributed by atoms with Crippen molar-refractivity contribution in [3.8, 4) is 5.75 Å². The zero-order valence-corrected chi connectivity index (χ0v) is 15.9. The van der Waals surface area contributed by atoms with Crippen molar-refractivity contribution in [1.82, 2.24) is 5.32 Å². The number of amides is 1. The van der Waals surface area contributed by atoms with Crippen molar-refractivity contribution in [3.63, 3.8) is 0 Å². The lowest BCUT2D eigenvalue weighted by Gasteiger charge is -2.14. The third kappa shape index (κ3) is 5.57. The van der Waals surface area contributed by atoms with Crippen molar-refractivity contribution in [2.75, 3.05) is 11.9 Å². The second-order valence-electron chi connectivity index (χ2n) is 6.28. The molecule has 2 aromatic carbocycles. The molecule has 0 saturated carbocycles. The monoisotopic (exact) mass is 356 g/mol. The molecular weight excluding hydrogens is 332 g/mol. The first-order valence-corrected chi connectivity index (χ1v) is 8.67. The van der Waals surface area contributed by atoms with Gasteiger partial charge in [-0.2, -0.15) is 0 Å². The number of anilines is 1. The van der Waals surface area contributed by atoms with E-state index in [9.17, 15) is 4.79 Å². The SMILES string of the molecule is Cc1ccc(NC(=S)NC(=O)COc2ccccc2C(C)C)cc1C. The molecule has 0 saturated heterocycles. The van der Waals surface area contributed by atoms with Crippen LogP contribution in [0.25, 0.3) is 0 Å². The van der Waals surface area contributed by atoms with Gasteiger partial charge in [0.25, 0.3) is 5.91 Å². The Hall–Kier alpha value is -2.40. The number of carbonyl (C=O) groups is 1. The van der Waals surface area contributed by atoms with Crippen LogP contribution in [0, 0.1) is 13.8 Å². The maximum Gasteiger partial charge on any atom is 0.264 e. The zero-order chi connectivity index (χ0) is 18.4. The Morgan fingerprint density at radius 3 is 2.52 bits per heavy atom. The highest BCUT2D eigenvalue weighted by Gasteiger charge is 2.10. The van der Waals surface area contributed by atoms with Gasteiger partial charge in [-0.3, -0.25) is 10.1 Å². The van der Waals surface area contributed by atoms with Crippen LogP contribution in [-0.4, -0.2) is 17.6 Å². The van der Waals surface area contributed by atoms with Crippen molar-refractivity contribution in [1.29, 1.82) is 0 Å². The molecule has 0 aliphatic heterocycles. The van der Waals surface area contributed by atoms with Crippen LogP contribution in [0.2, 0.25) is 0 Å². The highest BCUT2D eigenvalue weighted by molar-refractivity contribution is 7.80. The molecular formula is C20H24N2O2S. The highest BCUT2D eigenvalue weighted by atomic mass is 32.1. The number of para-hydroxylation sites is 1. The molecule has 2 N–H and O–H groups in total.